The van der Waals surface area contributed by atoms with Crippen molar-refractivity contribution in [3.63, 3.8) is 0 Å². The van der Waals surface area contributed by atoms with Crippen molar-refractivity contribution in [3.8, 4) is 5.75 Å². The maximum atomic E-state index is 12.8. The highest BCUT2D eigenvalue weighted by atomic mass is 35.5. The summed E-state index contributed by atoms with van der Waals surface area (Å²) in [7, 11) is 0. The van der Waals surface area contributed by atoms with Crippen LogP contribution < -0.4 is 4.74 Å². The number of para-hydroxylation sites is 1. The van der Waals surface area contributed by atoms with Crippen LogP contribution in [0, 0.1) is 23.2 Å². The summed E-state index contributed by atoms with van der Waals surface area (Å²) in [5.74, 6) is 2.29. The van der Waals surface area contributed by atoms with Gasteiger partial charge < -0.3 is 9.47 Å². The van der Waals surface area contributed by atoms with E-state index < -0.39 is 5.97 Å². The number of halogens is 1. The number of carbonyl (C=O) groups excluding carboxylic acids is 1. The number of nitrogens with zero attached hydrogens (tertiary/aromatic N) is 2. The number of fused-ring (bicyclic) bond motifs is 3. The van der Waals surface area contributed by atoms with Crippen molar-refractivity contribution in [2.24, 2.45) is 23.2 Å². The molecule has 166 valence electrons. The van der Waals surface area contributed by atoms with Crippen molar-refractivity contribution in [1.82, 2.24) is 9.78 Å². The molecule has 2 fully saturated rings. The Morgan fingerprint density at radius 1 is 1.35 bits per heavy atom. The zero-order chi connectivity index (χ0) is 22.0. The molecule has 2 aliphatic carbocycles. The van der Waals surface area contributed by atoms with E-state index in [1.807, 2.05) is 6.92 Å². The first-order valence-corrected chi connectivity index (χ1v) is 11.8. The van der Waals surface area contributed by atoms with E-state index in [4.69, 9.17) is 21.1 Å². The standard InChI is InChI=1S/C25H31ClN2O3/c1-5-28-13-19(26)22(27-28)23(29)30-14-25-11-10-18-17-8-6-7-9-20(17)31-24(4,12-15(25)2)21(18)16(25)3/h6-9,13,15-16,18,21H,5,10-12,14H2,1-4H3. The second-order valence-corrected chi connectivity index (χ2v) is 10.4. The number of aryl methyl sites for hydroxylation is 1. The van der Waals surface area contributed by atoms with Gasteiger partial charge in [0.25, 0.3) is 0 Å². The van der Waals surface area contributed by atoms with E-state index in [1.165, 1.54) is 5.56 Å². The molecule has 6 heteroatoms. The Labute approximate surface area is 189 Å². The molecule has 1 aromatic carbocycles. The van der Waals surface area contributed by atoms with Crippen LogP contribution >= 0.6 is 11.6 Å². The Morgan fingerprint density at radius 2 is 2.13 bits per heavy atom. The number of carbonyl (C=O) groups is 1. The third kappa shape index (κ3) is 3.03. The first kappa shape index (κ1) is 20.9. The lowest BCUT2D eigenvalue weighted by Gasteiger charge is -2.64. The van der Waals surface area contributed by atoms with Crippen molar-refractivity contribution in [2.45, 2.75) is 65.0 Å². The summed E-state index contributed by atoms with van der Waals surface area (Å²) in [6.07, 6.45) is 4.79. The Morgan fingerprint density at radius 3 is 2.87 bits per heavy atom. The van der Waals surface area contributed by atoms with Crippen LogP contribution in [0.25, 0.3) is 0 Å². The predicted octanol–water partition coefficient (Wildman–Crippen LogP) is 5.72. The largest absolute Gasteiger partial charge is 0.487 e. The third-order valence-electron chi connectivity index (χ3n) is 8.57. The number of hydrogen-bond acceptors (Lipinski definition) is 4. The maximum absolute atomic E-state index is 12.8. The monoisotopic (exact) mass is 442 g/mol. The summed E-state index contributed by atoms with van der Waals surface area (Å²) in [4.78, 5) is 12.8. The number of ether oxygens (including phenoxy) is 2. The fourth-order valence-corrected chi connectivity index (χ4v) is 7.26. The molecule has 3 aliphatic rings. The second-order valence-electron chi connectivity index (χ2n) is 10.0. The lowest BCUT2D eigenvalue weighted by Crippen LogP contribution is -2.64. The molecular weight excluding hydrogens is 412 g/mol. The van der Waals surface area contributed by atoms with Crippen molar-refractivity contribution in [1.29, 1.82) is 0 Å². The van der Waals surface area contributed by atoms with Gasteiger partial charge in [-0.1, -0.05) is 43.6 Å². The van der Waals surface area contributed by atoms with Gasteiger partial charge in [0.05, 0.1) is 11.6 Å². The molecule has 31 heavy (non-hydrogen) atoms. The molecule has 1 aliphatic heterocycles. The summed E-state index contributed by atoms with van der Waals surface area (Å²) in [6, 6.07) is 8.52. The summed E-state index contributed by atoms with van der Waals surface area (Å²) in [5, 5.41) is 4.63. The molecule has 2 bridgehead atoms. The molecule has 5 nitrogen and oxygen atoms in total. The van der Waals surface area contributed by atoms with E-state index in [1.54, 1.807) is 10.9 Å². The topological polar surface area (TPSA) is 53.4 Å². The van der Waals surface area contributed by atoms with E-state index in [9.17, 15) is 4.79 Å². The molecule has 6 unspecified atom stereocenters. The minimum atomic E-state index is -0.424. The van der Waals surface area contributed by atoms with E-state index >= 15 is 0 Å². The summed E-state index contributed by atoms with van der Waals surface area (Å²) >= 11 is 6.23. The Balaban J connectivity index is 1.42. The minimum Gasteiger partial charge on any atom is -0.487 e. The summed E-state index contributed by atoms with van der Waals surface area (Å²) in [5.41, 5.74) is 1.32. The number of hydrogen-bond donors (Lipinski definition) is 0. The SMILES string of the molecule is CCn1cc(Cl)c(C(=O)OCC23CCC4c5ccccc5OC(C)(CC2C)C4C3C)n1. The average Bonchev–Trinajstić information content (AvgIpc) is 3.12. The van der Waals surface area contributed by atoms with Gasteiger partial charge in [-0.25, -0.2) is 4.79 Å². The van der Waals surface area contributed by atoms with E-state index in [0.29, 0.717) is 41.8 Å². The highest BCUT2D eigenvalue weighted by Crippen LogP contribution is 2.66. The summed E-state index contributed by atoms with van der Waals surface area (Å²) in [6.45, 7) is 9.96. The quantitative estimate of drug-likeness (QED) is 0.568. The van der Waals surface area contributed by atoms with Gasteiger partial charge in [0.15, 0.2) is 5.69 Å². The molecule has 0 N–H and O–H groups in total. The van der Waals surface area contributed by atoms with Crippen LogP contribution in [0.3, 0.4) is 0 Å². The Bertz CT molecular complexity index is 1020. The first-order valence-electron chi connectivity index (χ1n) is 11.5. The number of aromatic nitrogens is 2. The zero-order valence-electron chi connectivity index (χ0n) is 18.7. The van der Waals surface area contributed by atoms with E-state index in [2.05, 4.69) is 50.1 Å². The zero-order valence-corrected chi connectivity index (χ0v) is 19.5. The van der Waals surface area contributed by atoms with Crippen LogP contribution in [0.15, 0.2) is 30.5 Å². The molecular formula is C25H31ClN2O3. The third-order valence-corrected chi connectivity index (χ3v) is 8.84. The molecule has 0 radical (unpaired) electrons. The number of benzene rings is 1. The van der Waals surface area contributed by atoms with Gasteiger partial charge in [-0.3, -0.25) is 4.68 Å². The molecule has 6 atom stereocenters. The summed E-state index contributed by atoms with van der Waals surface area (Å²) < 4.78 is 14.2. The minimum absolute atomic E-state index is 0.0498. The Kier molecular flexibility index (Phi) is 4.89. The highest BCUT2D eigenvalue weighted by Gasteiger charge is 2.63. The predicted molar refractivity (Wildman–Crippen MR) is 120 cm³/mol. The Hall–Kier alpha value is -2.01. The normalized spacial score (nSPS) is 35.8. The average molecular weight is 443 g/mol. The van der Waals surface area contributed by atoms with Gasteiger partial charge in [0.2, 0.25) is 0 Å². The smallest absolute Gasteiger partial charge is 0.360 e. The fourth-order valence-electron chi connectivity index (χ4n) is 7.04. The highest BCUT2D eigenvalue weighted by molar-refractivity contribution is 6.33. The van der Waals surface area contributed by atoms with Crippen LogP contribution in [-0.2, 0) is 11.3 Å². The molecule has 0 spiro atoms. The van der Waals surface area contributed by atoms with Crippen molar-refractivity contribution in [2.75, 3.05) is 6.61 Å². The van der Waals surface area contributed by atoms with Crippen molar-refractivity contribution in [3.05, 3.63) is 46.7 Å². The van der Waals surface area contributed by atoms with E-state index in [0.717, 1.165) is 25.0 Å². The van der Waals surface area contributed by atoms with Gasteiger partial charge in [0.1, 0.15) is 11.4 Å². The molecule has 2 heterocycles. The lowest BCUT2D eigenvalue weighted by atomic mass is 9.44. The molecule has 2 saturated carbocycles. The van der Waals surface area contributed by atoms with Crippen molar-refractivity contribution >= 4 is 17.6 Å². The molecule has 5 rings (SSSR count). The molecule has 0 amide bonds. The van der Waals surface area contributed by atoms with Gasteiger partial charge in [-0.15, -0.1) is 0 Å². The first-order chi connectivity index (χ1) is 14.8. The number of rotatable bonds is 4. The van der Waals surface area contributed by atoms with Gasteiger partial charge in [-0.2, -0.15) is 5.10 Å². The van der Waals surface area contributed by atoms with Gasteiger partial charge in [0, 0.05) is 24.1 Å². The van der Waals surface area contributed by atoms with Crippen LogP contribution in [0.1, 0.15) is 68.9 Å². The van der Waals surface area contributed by atoms with Gasteiger partial charge in [-0.05, 0) is 62.5 Å². The van der Waals surface area contributed by atoms with Gasteiger partial charge >= 0.3 is 5.97 Å². The number of esters is 1. The fraction of sp³-hybridized carbons (Fsp3) is 0.600. The maximum Gasteiger partial charge on any atom is 0.360 e. The van der Waals surface area contributed by atoms with Crippen molar-refractivity contribution < 1.29 is 14.3 Å². The van der Waals surface area contributed by atoms with Crippen LogP contribution in [0.2, 0.25) is 5.02 Å². The van der Waals surface area contributed by atoms with E-state index in [-0.39, 0.29) is 16.7 Å². The second kappa shape index (κ2) is 7.26. The van der Waals surface area contributed by atoms with Crippen LogP contribution in [0.5, 0.6) is 5.75 Å². The lowest BCUT2D eigenvalue weighted by molar-refractivity contribution is -0.181. The van der Waals surface area contributed by atoms with Crippen LogP contribution in [-0.4, -0.2) is 28.0 Å². The molecule has 0 saturated heterocycles. The molecule has 1 aromatic heterocycles. The van der Waals surface area contributed by atoms with Crippen LogP contribution in [0.4, 0.5) is 0 Å². The molecule has 2 aromatic rings.